The standard InChI is InChI=1S/C19H12N4O2S/c20-9-12-4-3-5-13(8-12)22-16(24)10-23-11-21-17-14-6-1-2-7-15(14)26-18(17)19(23)25/h1-8,11H,10H2,(H,22,24). The number of amides is 1. The van der Waals surface area contributed by atoms with Crippen LogP contribution >= 0.6 is 11.3 Å². The lowest BCUT2D eigenvalue weighted by atomic mass is 10.2. The third-order valence-corrected chi connectivity index (χ3v) is 5.09. The topological polar surface area (TPSA) is 87.8 Å². The predicted octanol–water partition coefficient (Wildman–Crippen LogP) is 3.12. The zero-order valence-electron chi connectivity index (χ0n) is 13.5. The van der Waals surface area contributed by atoms with Crippen molar-refractivity contribution in [2.45, 2.75) is 6.54 Å². The van der Waals surface area contributed by atoms with E-state index in [-0.39, 0.29) is 18.0 Å². The maximum atomic E-state index is 12.7. The molecule has 0 bridgehead atoms. The molecule has 6 nitrogen and oxygen atoms in total. The van der Waals surface area contributed by atoms with Crippen molar-refractivity contribution in [1.82, 2.24) is 9.55 Å². The Hall–Kier alpha value is -3.50. The van der Waals surface area contributed by atoms with E-state index in [1.54, 1.807) is 24.3 Å². The molecule has 7 heteroatoms. The number of hydrogen-bond acceptors (Lipinski definition) is 5. The maximum absolute atomic E-state index is 12.7. The van der Waals surface area contributed by atoms with Gasteiger partial charge in [0, 0.05) is 15.8 Å². The fourth-order valence-corrected chi connectivity index (χ4v) is 3.85. The van der Waals surface area contributed by atoms with Gasteiger partial charge in [-0.3, -0.25) is 14.2 Å². The molecule has 0 radical (unpaired) electrons. The van der Waals surface area contributed by atoms with E-state index in [1.807, 2.05) is 30.3 Å². The van der Waals surface area contributed by atoms with Crippen molar-refractivity contribution in [2.75, 3.05) is 5.32 Å². The Labute approximate surface area is 152 Å². The lowest BCUT2D eigenvalue weighted by Crippen LogP contribution is -2.27. The average Bonchev–Trinajstić information content (AvgIpc) is 3.04. The first-order chi connectivity index (χ1) is 12.7. The van der Waals surface area contributed by atoms with Crippen LogP contribution in [0.4, 0.5) is 5.69 Å². The number of aromatic nitrogens is 2. The minimum absolute atomic E-state index is 0.146. The highest BCUT2D eigenvalue weighted by molar-refractivity contribution is 7.25. The first-order valence-corrected chi connectivity index (χ1v) is 8.64. The van der Waals surface area contributed by atoms with Gasteiger partial charge in [0.15, 0.2) is 0 Å². The second-order valence-corrected chi connectivity index (χ2v) is 6.75. The zero-order chi connectivity index (χ0) is 18.1. The van der Waals surface area contributed by atoms with E-state index < -0.39 is 0 Å². The molecule has 0 aliphatic heterocycles. The van der Waals surface area contributed by atoms with Crippen LogP contribution in [0.1, 0.15) is 5.56 Å². The number of benzene rings is 2. The smallest absolute Gasteiger partial charge is 0.271 e. The van der Waals surface area contributed by atoms with Gasteiger partial charge in [-0.1, -0.05) is 24.3 Å². The van der Waals surface area contributed by atoms with Gasteiger partial charge >= 0.3 is 0 Å². The van der Waals surface area contributed by atoms with Crippen molar-refractivity contribution in [3.63, 3.8) is 0 Å². The molecule has 0 saturated heterocycles. The second-order valence-electron chi connectivity index (χ2n) is 5.69. The highest BCUT2D eigenvalue weighted by Gasteiger charge is 2.13. The van der Waals surface area contributed by atoms with Gasteiger partial charge in [-0.25, -0.2) is 4.98 Å². The summed E-state index contributed by atoms with van der Waals surface area (Å²) in [6.07, 6.45) is 1.40. The minimum atomic E-state index is -0.357. The molecule has 1 N–H and O–H groups in total. The molecule has 0 aliphatic rings. The summed E-state index contributed by atoms with van der Waals surface area (Å²) in [5.74, 6) is -0.357. The molecule has 0 saturated carbocycles. The van der Waals surface area contributed by atoms with Gasteiger partial charge in [0.2, 0.25) is 5.91 Å². The molecule has 0 atom stereocenters. The van der Waals surface area contributed by atoms with Crippen molar-refractivity contribution < 1.29 is 4.79 Å². The highest BCUT2D eigenvalue weighted by atomic mass is 32.1. The molecule has 1 amide bonds. The fourth-order valence-electron chi connectivity index (χ4n) is 2.75. The normalized spacial score (nSPS) is 10.7. The van der Waals surface area contributed by atoms with Crippen LogP contribution in [0.3, 0.4) is 0 Å². The summed E-state index contributed by atoms with van der Waals surface area (Å²) < 4.78 is 2.82. The largest absolute Gasteiger partial charge is 0.324 e. The van der Waals surface area contributed by atoms with Crippen LogP contribution in [-0.4, -0.2) is 15.5 Å². The second kappa shape index (κ2) is 6.43. The number of nitrogens with one attached hydrogen (secondary N) is 1. The molecule has 0 spiro atoms. The number of nitrogens with zero attached hydrogens (tertiary/aromatic N) is 3. The Bertz CT molecular complexity index is 1250. The predicted molar refractivity (Wildman–Crippen MR) is 101 cm³/mol. The third kappa shape index (κ3) is 2.83. The molecular weight excluding hydrogens is 348 g/mol. The molecule has 2 aromatic heterocycles. The van der Waals surface area contributed by atoms with E-state index in [4.69, 9.17) is 5.26 Å². The molecule has 0 aliphatic carbocycles. The Morgan fingerprint density at radius 2 is 2.08 bits per heavy atom. The lowest BCUT2D eigenvalue weighted by molar-refractivity contribution is -0.116. The van der Waals surface area contributed by atoms with Gasteiger partial charge < -0.3 is 5.32 Å². The molecule has 4 aromatic rings. The Morgan fingerprint density at radius 3 is 2.92 bits per heavy atom. The molecule has 2 heterocycles. The van der Waals surface area contributed by atoms with E-state index in [1.165, 1.54) is 22.2 Å². The third-order valence-electron chi connectivity index (χ3n) is 3.94. The van der Waals surface area contributed by atoms with E-state index in [0.717, 1.165) is 10.1 Å². The summed E-state index contributed by atoms with van der Waals surface area (Å²) in [6, 6.07) is 16.3. The summed E-state index contributed by atoms with van der Waals surface area (Å²) in [5.41, 5.74) is 1.39. The van der Waals surface area contributed by atoms with Crippen LogP contribution in [0.25, 0.3) is 20.3 Å². The summed E-state index contributed by atoms with van der Waals surface area (Å²) >= 11 is 1.37. The number of nitriles is 1. The van der Waals surface area contributed by atoms with Crippen LogP contribution < -0.4 is 10.9 Å². The molecule has 0 fully saturated rings. The number of thiophene rings is 1. The Kier molecular flexibility index (Phi) is 3.95. The van der Waals surface area contributed by atoms with Gasteiger partial charge in [0.1, 0.15) is 11.2 Å². The molecule has 26 heavy (non-hydrogen) atoms. The number of carbonyl (C=O) groups is 1. The quantitative estimate of drug-likeness (QED) is 0.608. The Balaban J connectivity index is 1.63. The van der Waals surface area contributed by atoms with Gasteiger partial charge in [0.25, 0.3) is 5.56 Å². The van der Waals surface area contributed by atoms with E-state index in [0.29, 0.717) is 21.5 Å². The van der Waals surface area contributed by atoms with Crippen LogP contribution in [0.2, 0.25) is 0 Å². The SMILES string of the molecule is N#Cc1cccc(NC(=O)Cn2cnc3c(sc4ccccc43)c2=O)c1. The lowest BCUT2D eigenvalue weighted by Gasteiger charge is -2.07. The van der Waals surface area contributed by atoms with Crippen LogP contribution in [-0.2, 0) is 11.3 Å². The van der Waals surface area contributed by atoms with Crippen molar-refractivity contribution >= 4 is 43.2 Å². The van der Waals surface area contributed by atoms with Gasteiger partial charge in [-0.05, 0) is 24.3 Å². The van der Waals surface area contributed by atoms with Gasteiger partial charge in [-0.15, -0.1) is 11.3 Å². The zero-order valence-corrected chi connectivity index (χ0v) is 14.3. The van der Waals surface area contributed by atoms with Crippen molar-refractivity contribution in [1.29, 1.82) is 5.26 Å². The van der Waals surface area contributed by atoms with Crippen molar-refractivity contribution in [3.8, 4) is 6.07 Å². The molecule has 0 unspecified atom stereocenters. The molecule has 2 aromatic carbocycles. The van der Waals surface area contributed by atoms with Crippen LogP contribution in [0.15, 0.2) is 59.7 Å². The maximum Gasteiger partial charge on any atom is 0.271 e. The summed E-state index contributed by atoms with van der Waals surface area (Å²) in [5, 5.41) is 12.5. The van der Waals surface area contributed by atoms with Crippen molar-refractivity contribution in [2.24, 2.45) is 0 Å². The van der Waals surface area contributed by atoms with E-state index >= 15 is 0 Å². The van der Waals surface area contributed by atoms with Gasteiger partial charge in [-0.2, -0.15) is 5.26 Å². The van der Waals surface area contributed by atoms with Crippen LogP contribution in [0.5, 0.6) is 0 Å². The van der Waals surface area contributed by atoms with Crippen molar-refractivity contribution in [3.05, 3.63) is 70.8 Å². The number of carbonyl (C=O) groups excluding carboxylic acids is 1. The number of hydrogen-bond donors (Lipinski definition) is 1. The Morgan fingerprint density at radius 1 is 1.23 bits per heavy atom. The minimum Gasteiger partial charge on any atom is -0.324 e. The molecule has 4 rings (SSSR count). The number of fused-ring (bicyclic) bond motifs is 3. The van der Waals surface area contributed by atoms with Gasteiger partial charge in [0.05, 0.1) is 23.5 Å². The van der Waals surface area contributed by atoms with Crippen LogP contribution in [0, 0.1) is 11.3 Å². The first kappa shape index (κ1) is 16.0. The summed E-state index contributed by atoms with van der Waals surface area (Å²) in [7, 11) is 0. The fraction of sp³-hybridized carbons (Fsp3) is 0.0526. The summed E-state index contributed by atoms with van der Waals surface area (Å²) in [4.78, 5) is 29.3. The number of anilines is 1. The molecule has 126 valence electrons. The summed E-state index contributed by atoms with van der Waals surface area (Å²) in [6.45, 7) is -0.146. The highest BCUT2D eigenvalue weighted by Crippen LogP contribution is 2.29. The van der Waals surface area contributed by atoms with E-state index in [9.17, 15) is 9.59 Å². The first-order valence-electron chi connectivity index (χ1n) is 7.82. The monoisotopic (exact) mass is 360 g/mol. The molecular formula is C19H12N4O2S. The average molecular weight is 360 g/mol. The number of rotatable bonds is 3. The van der Waals surface area contributed by atoms with E-state index in [2.05, 4.69) is 10.3 Å².